The van der Waals surface area contributed by atoms with E-state index in [-0.39, 0.29) is 36.5 Å². The van der Waals surface area contributed by atoms with E-state index in [1.807, 2.05) is 0 Å². The van der Waals surface area contributed by atoms with Gasteiger partial charge in [0.2, 0.25) is 0 Å². The highest BCUT2D eigenvalue weighted by atomic mass is 31.2. The molecule has 1 aliphatic carbocycles. The monoisotopic (exact) mass is 428 g/mol. The van der Waals surface area contributed by atoms with Crippen LogP contribution in [0.2, 0.25) is 0 Å². The molecule has 8 heteroatoms. The second kappa shape index (κ2) is 11.0. The fourth-order valence-corrected chi connectivity index (χ4v) is 4.77. The molecule has 1 rings (SSSR count). The van der Waals surface area contributed by atoms with Gasteiger partial charge in [-0.25, -0.2) is 4.79 Å². The Labute approximate surface area is 173 Å². The predicted octanol–water partition coefficient (Wildman–Crippen LogP) is 4.75. The number of ketones is 2. The normalized spacial score (nSPS) is 16.0. The SMILES string of the molecule is CCOC(=O)/C=C(\C(=O)C1=C(C(=O)C(C)(C)C)CCCC1)P(=O)(OCC)OCC. The number of ether oxygens (including phenoxy) is 1. The highest BCUT2D eigenvalue weighted by molar-refractivity contribution is 7.60. The van der Waals surface area contributed by atoms with Gasteiger partial charge in [0.25, 0.3) is 0 Å². The Balaban J connectivity index is 3.60. The van der Waals surface area contributed by atoms with Crippen LogP contribution in [0.25, 0.3) is 0 Å². The van der Waals surface area contributed by atoms with Crippen molar-refractivity contribution >= 4 is 25.1 Å². The topological polar surface area (TPSA) is 96.0 Å². The molecule has 0 atom stereocenters. The minimum atomic E-state index is -4.06. The maximum Gasteiger partial charge on any atom is 0.365 e. The zero-order valence-electron chi connectivity index (χ0n) is 18.3. The van der Waals surface area contributed by atoms with Gasteiger partial charge < -0.3 is 13.8 Å². The van der Waals surface area contributed by atoms with Crippen LogP contribution in [-0.4, -0.2) is 37.4 Å². The molecule has 164 valence electrons. The van der Waals surface area contributed by atoms with E-state index < -0.39 is 24.8 Å². The van der Waals surface area contributed by atoms with Crippen molar-refractivity contribution < 1.29 is 32.7 Å². The first-order valence-electron chi connectivity index (χ1n) is 10.1. The maximum absolute atomic E-state index is 13.5. The molecule has 0 heterocycles. The van der Waals surface area contributed by atoms with Crippen LogP contribution in [-0.2, 0) is 32.7 Å². The van der Waals surface area contributed by atoms with Gasteiger partial charge in [0.15, 0.2) is 11.6 Å². The van der Waals surface area contributed by atoms with E-state index >= 15 is 0 Å². The molecule has 0 fully saturated rings. The molecule has 0 N–H and O–H groups in total. The third-order valence-electron chi connectivity index (χ3n) is 4.36. The third-order valence-corrected chi connectivity index (χ3v) is 6.48. The first-order valence-corrected chi connectivity index (χ1v) is 11.7. The number of esters is 1. The van der Waals surface area contributed by atoms with Crippen LogP contribution in [0.5, 0.6) is 0 Å². The van der Waals surface area contributed by atoms with Crippen LogP contribution in [0.1, 0.15) is 67.2 Å². The first kappa shape index (κ1) is 25.5. The van der Waals surface area contributed by atoms with Gasteiger partial charge in [-0.2, -0.15) is 0 Å². The van der Waals surface area contributed by atoms with Gasteiger partial charge >= 0.3 is 13.6 Å². The highest BCUT2D eigenvalue weighted by Crippen LogP contribution is 2.57. The molecule has 0 bridgehead atoms. The summed E-state index contributed by atoms with van der Waals surface area (Å²) in [4.78, 5) is 38.5. The lowest BCUT2D eigenvalue weighted by Gasteiger charge is -2.26. The van der Waals surface area contributed by atoms with Crippen molar-refractivity contribution in [3.8, 4) is 0 Å². The Morgan fingerprint density at radius 3 is 1.90 bits per heavy atom. The Kier molecular flexibility index (Phi) is 9.66. The van der Waals surface area contributed by atoms with Crippen molar-refractivity contribution in [1.29, 1.82) is 0 Å². The van der Waals surface area contributed by atoms with Crippen molar-refractivity contribution in [2.24, 2.45) is 5.41 Å². The number of hydrogen-bond donors (Lipinski definition) is 0. The van der Waals surface area contributed by atoms with Gasteiger partial charge in [0, 0.05) is 22.6 Å². The standard InChI is InChI=1S/C21H33O7P/c1-7-26-18(22)14-17(29(25,27-8-2)28-9-3)19(23)15-12-10-11-13-16(15)20(24)21(4,5)6/h14H,7-13H2,1-6H3/b17-14+. The van der Waals surface area contributed by atoms with Crippen LogP contribution in [0.4, 0.5) is 0 Å². The molecule has 1 aliphatic rings. The average molecular weight is 428 g/mol. The second-order valence-electron chi connectivity index (χ2n) is 7.69. The van der Waals surface area contributed by atoms with Gasteiger partial charge in [-0.1, -0.05) is 20.8 Å². The number of allylic oxidation sites excluding steroid dienone is 3. The van der Waals surface area contributed by atoms with Gasteiger partial charge in [0.1, 0.15) is 5.31 Å². The van der Waals surface area contributed by atoms with E-state index in [9.17, 15) is 18.9 Å². The minimum absolute atomic E-state index is 0.0253. The number of rotatable bonds is 10. The molecule has 0 amide bonds. The number of hydrogen-bond acceptors (Lipinski definition) is 7. The molecule has 0 spiro atoms. The summed E-state index contributed by atoms with van der Waals surface area (Å²) in [6.45, 7) is 10.4. The highest BCUT2D eigenvalue weighted by Gasteiger charge is 2.39. The van der Waals surface area contributed by atoms with E-state index in [1.165, 1.54) is 0 Å². The summed E-state index contributed by atoms with van der Waals surface area (Å²) in [5.41, 5.74) is 0.0571. The molecule has 0 aromatic carbocycles. The molecule has 0 saturated carbocycles. The number of carbonyl (C=O) groups is 3. The lowest BCUT2D eigenvalue weighted by molar-refractivity contribution is -0.137. The third kappa shape index (κ3) is 6.73. The second-order valence-corrected chi connectivity index (χ2v) is 9.68. The van der Waals surface area contributed by atoms with Crippen molar-refractivity contribution in [2.45, 2.75) is 67.2 Å². The Morgan fingerprint density at radius 1 is 0.931 bits per heavy atom. The van der Waals surface area contributed by atoms with E-state index in [0.717, 1.165) is 18.9 Å². The molecule has 0 aliphatic heterocycles. The lowest BCUT2D eigenvalue weighted by atomic mass is 9.78. The van der Waals surface area contributed by atoms with Crippen LogP contribution in [0.15, 0.2) is 22.5 Å². The zero-order chi connectivity index (χ0) is 22.2. The van der Waals surface area contributed by atoms with Crippen molar-refractivity contribution in [2.75, 3.05) is 19.8 Å². The number of carbonyl (C=O) groups excluding carboxylic acids is 3. The van der Waals surface area contributed by atoms with Gasteiger partial charge in [-0.3, -0.25) is 14.2 Å². The lowest BCUT2D eigenvalue weighted by Crippen LogP contribution is -2.27. The van der Waals surface area contributed by atoms with E-state index in [1.54, 1.807) is 41.5 Å². The molecule has 0 saturated heterocycles. The summed E-state index contributed by atoms with van der Waals surface area (Å²) >= 11 is 0. The summed E-state index contributed by atoms with van der Waals surface area (Å²) in [5, 5.41) is -0.379. The molecule has 29 heavy (non-hydrogen) atoms. The van der Waals surface area contributed by atoms with Crippen LogP contribution in [0, 0.1) is 5.41 Å². The quantitative estimate of drug-likeness (QED) is 0.281. The smallest absolute Gasteiger partial charge is 0.365 e. The van der Waals surface area contributed by atoms with Crippen LogP contribution < -0.4 is 0 Å². The summed E-state index contributed by atoms with van der Waals surface area (Å²) in [5.74, 6) is -1.58. The molecule has 7 nitrogen and oxygen atoms in total. The van der Waals surface area contributed by atoms with Crippen molar-refractivity contribution in [1.82, 2.24) is 0 Å². The molecule has 0 radical (unpaired) electrons. The fraction of sp³-hybridized carbons (Fsp3) is 0.667. The van der Waals surface area contributed by atoms with E-state index in [0.29, 0.717) is 18.4 Å². The first-order chi connectivity index (χ1) is 13.5. The summed E-state index contributed by atoms with van der Waals surface area (Å²) in [6.07, 6.45) is 3.24. The molecule has 0 aromatic heterocycles. The number of Topliss-reactive ketones (excluding diaryl/α,β-unsaturated/α-hetero) is 2. The van der Waals surface area contributed by atoms with Gasteiger partial charge in [0.05, 0.1) is 19.8 Å². The minimum Gasteiger partial charge on any atom is -0.463 e. The van der Waals surface area contributed by atoms with Crippen molar-refractivity contribution in [3.63, 3.8) is 0 Å². The van der Waals surface area contributed by atoms with Gasteiger partial charge in [-0.15, -0.1) is 0 Å². The predicted molar refractivity (Wildman–Crippen MR) is 111 cm³/mol. The van der Waals surface area contributed by atoms with Crippen LogP contribution >= 0.6 is 7.60 Å². The fourth-order valence-electron chi connectivity index (χ4n) is 3.09. The maximum atomic E-state index is 13.5. The Hall–Kier alpha value is -1.56. The molecular weight excluding hydrogens is 395 g/mol. The van der Waals surface area contributed by atoms with Gasteiger partial charge in [-0.05, 0) is 46.5 Å². The van der Waals surface area contributed by atoms with E-state index in [4.69, 9.17) is 13.8 Å². The Morgan fingerprint density at radius 2 is 1.45 bits per heavy atom. The van der Waals surface area contributed by atoms with E-state index in [2.05, 4.69) is 0 Å². The molecule has 0 aromatic rings. The van der Waals surface area contributed by atoms with Crippen molar-refractivity contribution in [3.05, 3.63) is 22.5 Å². The summed E-state index contributed by atoms with van der Waals surface area (Å²) < 4.78 is 28.9. The largest absolute Gasteiger partial charge is 0.463 e. The Bertz CT molecular complexity index is 731. The zero-order valence-corrected chi connectivity index (χ0v) is 19.2. The average Bonchev–Trinajstić information content (AvgIpc) is 2.65. The molecule has 0 unspecified atom stereocenters. The molecular formula is C21H33O7P. The summed E-state index contributed by atoms with van der Waals surface area (Å²) in [6, 6.07) is 0. The summed E-state index contributed by atoms with van der Waals surface area (Å²) in [7, 11) is -4.06. The van der Waals surface area contributed by atoms with Crippen LogP contribution in [0.3, 0.4) is 0 Å².